The summed E-state index contributed by atoms with van der Waals surface area (Å²) in [6.07, 6.45) is 2.56. The molecule has 0 spiro atoms. The van der Waals surface area contributed by atoms with Crippen molar-refractivity contribution in [2.24, 2.45) is 5.92 Å². The molecule has 126 valence electrons. The molecule has 1 fully saturated rings. The molecule has 6 heteroatoms. The number of carboxylic acids is 1. The molecule has 6 nitrogen and oxygen atoms in total. The lowest BCUT2D eigenvalue weighted by atomic mass is 9.85. The number of fused-ring (bicyclic) bond motifs is 1. The Morgan fingerprint density at radius 1 is 1.35 bits per heavy atom. The van der Waals surface area contributed by atoms with Crippen molar-refractivity contribution >= 4 is 11.7 Å². The molecular weight excluding hydrogens is 296 g/mol. The van der Waals surface area contributed by atoms with Crippen LogP contribution < -0.4 is 15.4 Å². The third-order valence-electron chi connectivity index (χ3n) is 4.89. The number of aliphatic carboxylic acids is 1. The number of aliphatic hydroxyl groups excluding tert-OH is 1. The number of nitrogens with one attached hydrogen (secondary N) is 2. The van der Waals surface area contributed by atoms with E-state index in [0.717, 1.165) is 30.5 Å². The van der Waals surface area contributed by atoms with Gasteiger partial charge in [0.15, 0.2) is 0 Å². The summed E-state index contributed by atoms with van der Waals surface area (Å²) in [5.74, 6) is -0.301. The van der Waals surface area contributed by atoms with Crippen molar-refractivity contribution in [3.05, 3.63) is 23.8 Å². The minimum atomic E-state index is -0.720. The normalized spacial score (nSPS) is 30.2. The Morgan fingerprint density at radius 2 is 2.17 bits per heavy atom. The van der Waals surface area contributed by atoms with Crippen LogP contribution in [0.5, 0.6) is 5.75 Å². The molecule has 2 aliphatic rings. The first kappa shape index (κ1) is 16.1. The molecule has 3 rings (SSSR count). The fraction of sp³-hybridized carbons (Fsp3) is 0.588. The molecule has 1 aromatic carbocycles. The molecule has 0 radical (unpaired) electrons. The van der Waals surface area contributed by atoms with Crippen LogP contribution in [0.1, 0.15) is 37.4 Å². The first-order chi connectivity index (χ1) is 11.1. The first-order valence-electron chi connectivity index (χ1n) is 8.20. The Hall–Kier alpha value is -1.79. The van der Waals surface area contributed by atoms with Gasteiger partial charge in [-0.15, -0.1) is 0 Å². The van der Waals surface area contributed by atoms with Gasteiger partial charge in [-0.2, -0.15) is 0 Å². The predicted octanol–water partition coefficient (Wildman–Crippen LogP) is 1.76. The number of rotatable bonds is 4. The molecule has 4 atom stereocenters. The van der Waals surface area contributed by atoms with Gasteiger partial charge in [0.05, 0.1) is 12.0 Å². The van der Waals surface area contributed by atoms with Crippen molar-refractivity contribution in [3.8, 4) is 5.75 Å². The fourth-order valence-corrected chi connectivity index (χ4v) is 3.55. The number of ether oxygens (including phenoxy) is 1. The highest BCUT2D eigenvalue weighted by Crippen LogP contribution is 2.35. The molecule has 0 unspecified atom stereocenters. The van der Waals surface area contributed by atoms with E-state index in [2.05, 4.69) is 10.6 Å². The molecule has 23 heavy (non-hydrogen) atoms. The predicted molar refractivity (Wildman–Crippen MR) is 86.7 cm³/mol. The average molecular weight is 320 g/mol. The summed E-state index contributed by atoms with van der Waals surface area (Å²) >= 11 is 0. The van der Waals surface area contributed by atoms with E-state index in [1.165, 1.54) is 0 Å². The van der Waals surface area contributed by atoms with E-state index in [9.17, 15) is 15.0 Å². The number of hydrogen-bond acceptors (Lipinski definition) is 5. The number of hydrogen-bond donors (Lipinski definition) is 4. The average Bonchev–Trinajstić information content (AvgIpc) is 2.57. The summed E-state index contributed by atoms with van der Waals surface area (Å²) in [5, 5.41) is 26.3. The Kier molecular flexibility index (Phi) is 4.73. The highest BCUT2D eigenvalue weighted by atomic mass is 16.5. The highest BCUT2D eigenvalue weighted by molar-refractivity contribution is 5.70. The van der Waals surface area contributed by atoms with Crippen LogP contribution in [0.25, 0.3) is 0 Å². The number of carbonyl (C=O) groups is 1. The zero-order valence-electron chi connectivity index (χ0n) is 13.3. The minimum absolute atomic E-state index is 0.117. The van der Waals surface area contributed by atoms with E-state index in [0.29, 0.717) is 18.8 Å². The van der Waals surface area contributed by atoms with E-state index in [1.54, 1.807) is 0 Å². The van der Waals surface area contributed by atoms with E-state index in [4.69, 9.17) is 4.74 Å². The van der Waals surface area contributed by atoms with Gasteiger partial charge in [-0.05, 0) is 25.3 Å². The van der Waals surface area contributed by atoms with Gasteiger partial charge in [0.1, 0.15) is 18.5 Å². The molecule has 1 aliphatic heterocycles. The lowest BCUT2D eigenvalue weighted by Crippen LogP contribution is -2.49. The maximum Gasteiger partial charge on any atom is 0.306 e. The number of aliphatic hydroxyl groups is 1. The molecule has 1 heterocycles. The third kappa shape index (κ3) is 3.43. The maximum absolute atomic E-state index is 11.2. The number of benzene rings is 1. The molecule has 0 aromatic heterocycles. The van der Waals surface area contributed by atoms with Crippen LogP contribution in [-0.4, -0.2) is 41.9 Å². The topological polar surface area (TPSA) is 90.8 Å². The second-order valence-corrected chi connectivity index (χ2v) is 6.43. The second-order valence-electron chi connectivity index (χ2n) is 6.43. The van der Waals surface area contributed by atoms with E-state index in [-0.39, 0.29) is 18.0 Å². The second kappa shape index (κ2) is 6.76. The highest BCUT2D eigenvalue weighted by Gasteiger charge is 2.34. The molecule has 1 aliphatic carbocycles. The molecular formula is C17H24N2O4. The van der Waals surface area contributed by atoms with Gasteiger partial charge in [0.25, 0.3) is 0 Å². The molecule has 1 aromatic rings. The lowest BCUT2D eigenvalue weighted by molar-refractivity contribution is -0.143. The number of carboxylic acid groups (broad SMARTS) is 1. The van der Waals surface area contributed by atoms with E-state index < -0.39 is 12.1 Å². The van der Waals surface area contributed by atoms with Crippen molar-refractivity contribution in [1.29, 1.82) is 0 Å². The van der Waals surface area contributed by atoms with Gasteiger partial charge in [0, 0.05) is 30.4 Å². The van der Waals surface area contributed by atoms with Crippen LogP contribution >= 0.6 is 0 Å². The molecule has 4 N–H and O–H groups in total. The summed E-state index contributed by atoms with van der Waals surface area (Å²) < 4.78 is 5.79. The molecule has 1 saturated carbocycles. The lowest BCUT2D eigenvalue weighted by Gasteiger charge is -2.36. The quantitative estimate of drug-likeness (QED) is 0.676. The fourth-order valence-electron chi connectivity index (χ4n) is 3.55. The van der Waals surface area contributed by atoms with Crippen LogP contribution in [-0.2, 0) is 4.79 Å². The Labute approximate surface area is 135 Å². The van der Waals surface area contributed by atoms with Crippen LogP contribution in [0, 0.1) is 5.92 Å². The van der Waals surface area contributed by atoms with Gasteiger partial charge < -0.3 is 25.6 Å². The standard InChI is InChI=1S/C17H24N2O4/c1-18-11-5-6-13-15(8-11)23-9-14(16(13)20)19-12-4-2-3-10(7-12)17(21)22/h5-6,8,10,12,14,16,18-20H,2-4,7,9H2,1H3,(H,21,22)/t10-,12+,14+,16-/m1/s1. The smallest absolute Gasteiger partial charge is 0.306 e. The van der Waals surface area contributed by atoms with Crippen molar-refractivity contribution < 1.29 is 19.7 Å². The maximum atomic E-state index is 11.2. The molecule has 0 amide bonds. The van der Waals surface area contributed by atoms with Crippen LogP contribution in [0.15, 0.2) is 18.2 Å². The summed E-state index contributed by atoms with van der Waals surface area (Å²) in [6.45, 7) is 0.384. The Bertz CT molecular complexity index is 578. The molecule has 0 bridgehead atoms. The van der Waals surface area contributed by atoms with Crippen LogP contribution in [0.4, 0.5) is 5.69 Å². The molecule has 0 saturated heterocycles. The summed E-state index contributed by atoms with van der Waals surface area (Å²) in [7, 11) is 1.84. The Balaban J connectivity index is 1.66. The zero-order chi connectivity index (χ0) is 16.4. The van der Waals surface area contributed by atoms with Crippen molar-refractivity contribution in [1.82, 2.24) is 5.32 Å². The van der Waals surface area contributed by atoms with Crippen molar-refractivity contribution in [3.63, 3.8) is 0 Å². The van der Waals surface area contributed by atoms with Crippen LogP contribution in [0.2, 0.25) is 0 Å². The summed E-state index contributed by atoms with van der Waals surface area (Å²) in [4.78, 5) is 11.2. The van der Waals surface area contributed by atoms with Gasteiger partial charge in [-0.1, -0.05) is 12.5 Å². The zero-order valence-corrected chi connectivity index (χ0v) is 13.3. The van der Waals surface area contributed by atoms with Gasteiger partial charge in [0.2, 0.25) is 0 Å². The largest absolute Gasteiger partial charge is 0.491 e. The van der Waals surface area contributed by atoms with Crippen molar-refractivity contribution in [2.75, 3.05) is 19.0 Å². The Morgan fingerprint density at radius 3 is 2.91 bits per heavy atom. The van der Waals surface area contributed by atoms with Gasteiger partial charge in [-0.3, -0.25) is 4.79 Å². The monoisotopic (exact) mass is 320 g/mol. The van der Waals surface area contributed by atoms with Crippen molar-refractivity contribution in [2.45, 2.75) is 43.9 Å². The first-order valence-corrected chi connectivity index (χ1v) is 8.20. The summed E-state index contributed by atoms with van der Waals surface area (Å²) in [5.41, 5.74) is 1.72. The third-order valence-corrected chi connectivity index (χ3v) is 4.89. The van der Waals surface area contributed by atoms with Crippen LogP contribution in [0.3, 0.4) is 0 Å². The van der Waals surface area contributed by atoms with Gasteiger partial charge in [-0.25, -0.2) is 0 Å². The minimum Gasteiger partial charge on any atom is -0.491 e. The summed E-state index contributed by atoms with van der Waals surface area (Å²) in [6, 6.07) is 5.58. The number of anilines is 1. The van der Waals surface area contributed by atoms with E-state index >= 15 is 0 Å². The van der Waals surface area contributed by atoms with Gasteiger partial charge >= 0.3 is 5.97 Å². The SMILES string of the molecule is CNc1ccc2c(c1)OC[C@H](N[C@H]1CCC[C@@H](C(=O)O)C1)[C@@H]2O. The van der Waals surface area contributed by atoms with E-state index in [1.807, 2.05) is 25.2 Å².